The third-order valence-corrected chi connectivity index (χ3v) is 7.34. The van der Waals surface area contributed by atoms with Crippen molar-refractivity contribution in [2.75, 3.05) is 39.6 Å². The molecule has 0 aromatic heterocycles. The highest BCUT2D eigenvalue weighted by Crippen LogP contribution is 2.19. The molecule has 142 valence electrons. The van der Waals surface area contributed by atoms with Crippen LogP contribution >= 0.6 is 11.8 Å². The van der Waals surface area contributed by atoms with Gasteiger partial charge in [-0.2, -0.15) is 11.8 Å². The summed E-state index contributed by atoms with van der Waals surface area (Å²) in [7, 11) is 2.31. The van der Waals surface area contributed by atoms with E-state index < -0.39 is 8.80 Å². The number of ether oxygens (including phenoxy) is 2. The Morgan fingerprint density at radius 2 is 1.64 bits per heavy atom. The van der Waals surface area contributed by atoms with Gasteiger partial charge in [-0.3, -0.25) is 4.79 Å². The number of esters is 1. The highest BCUT2D eigenvalue weighted by atomic mass is 32.2. The number of thioether (sulfide) groups is 1. The number of rotatable bonds is 13. The van der Waals surface area contributed by atoms with Gasteiger partial charge in [0.15, 0.2) is 6.79 Å². The lowest BCUT2D eigenvalue weighted by Gasteiger charge is -2.24. The summed E-state index contributed by atoms with van der Waals surface area (Å²) in [4.78, 5) is 11.8. The molecule has 7 nitrogen and oxygen atoms in total. The molecule has 0 aliphatic heterocycles. The second-order valence-electron chi connectivity index (χ2n) is 4.98. The molecule has 0 heterocycles. The van der Waals surface area contributed by atoms with Crippen LogP contribution in [0.5, 0.6) is 11.5 Å². The SMILES string of the molecule is CO[Si](CCCSCCC(=O)Oc1ccc(OCO)cc1)(OC)OC. The van der Waals surface area contributed by atoms with Crippen LogP contribution in [0.1, 0.15) is 12.8 Å². The fourth-order valence-corrected chi connectivity index (χ4v) is 4.91. The Hall–Kier alpha value is -1.10. The van der Waals surface area contributed by atoms with Gasteiger partial charge in [0, 0.05) is 33.1 Å². The normalized spacial score (nSPS) is 11.4. The van der Waals surface area contributed by atoms with Crippen LogP contribution in [0.3, 0.4) is 0 Å². The number of hydrogen-bond donors (Lipinski definition) is 1. The van der Waals surface area contributed by atoms with E-state index in [0.717, 1.165) is 18.2 Å². The summed E-state index contributed by atoms with van der Waals surface area (Å²) in [6.45, 7) is -0.390. The summed E-state index contributed by atoms with van der Waals surface area (Å²) in [6, 6.07) is 7.26. The Bertz CT molecular complexity index is 485. The van der Waals surface area contributed by atoms with Crippen molar-refractivity contribution in [1.82, 2.24) is 0 Å². The maximum absolute atomic E-state index is 11.8. The maximum atomic E-state index is 11.8. The highest BCUT2D eigenvalue weighted by Gasteiger charge is 2.36. The van der Waals surface area contributed by atoms with Gasteiger partial charge in [-0.1, -0.05) is 0 Å². The van der Waals surface area contributed by atoms with E-state index in [9.17, 15) is 4.79 Å². The maximum Gasteiger partial charge on any atom is 0.500 e. The Labute approximate surface area is 153 Å². The van der Waals surface area contributed by atoms with E-state index in [4.69, 9.17) is 27.9 Å². The fraction of sp³-hybridized carbons (Fsp3) is 0.562. The summed E-state index contributed by atoms with van der Waals surface area (Å²) < 4.78 is 26.2. The van der Waals surface area contributed by atoms with Crippen molar-refractivity contribution in [1.29, 1.82) is 0 Å². The van der Waals surface area contributed by atoms with Crippen molar-refractivity contribution >= 4 is 26.5 Å². The fourth-order valence-electron chi connectivity index (χ4n) is 2.07. The summed E-state index contributed by atoms with van der Waals surface area (Å²) in [5.41, 5.74) is 0. The summed E-state index contributed by atoms with van der Waals surface area (Å²) >= 11 is 1.68. The average molecular weight is 391 g/mol. The molecule has 1 aromatic carbocycles. The first-order valence-corrected chi connectivity index (χ1v) is 11.0. The Kier molecular flexibility index (Phi) is 10.8. The van der Waals surface area contributed by atoms with Gasteiger partial charge in [0.2, 0.25) is 0 Å². The molecular weight excluding hydrogens is 364 g/mol. The van der Waals surface area contributed by atoms with E-state index in [2.05, 4.69) is 0 Å². The van der Waals surface area contributed by atoms with Crippen LogP contribution in [0.15, 0.2) is 24.3 Å². The largest absolute Gasteiger partial charge is 0.500 e. The molecule has 0 atom stereocenters. The van der Waals surface area contributed by atoms with Gasteiger partial charge < -0.3 is 27.9 Å². The van der Waals surface area contributed by atoms with E-state index in [1.807, 2.05) is 0 Å². The third-order valence-electron chi connectivity index (χ3n) is 3.44. The lowest BCUT2D eigenvalue weighted by atomic mass is 10.3. The molecule has 0 unspecified atom stereocenters. The smallest absolute Gasteiger partial charge is 0.468 e. The van der Waals surface area contributed by atoms with Gasteiger partial charge in [-0.15, -0.1) is 0 Å². The van der Waals surface area contributed by atoms with Gasteiger partial charge in [-0.05, 0) is 36.4 Å². The Balaban J connectivity index is 2.18. The molecule has 0 bridgehead atoms. The predicted octanol–water partition coefficient (Wildman–Crippen LogP) is 2.31. The molecule has 25 heavy (non-hydrogen) atoms. The minimum Gasteiger partial charge on any atom is -0.468 e. The molecule has 0 aliphatic carbocycles. The summed E-state index contributed by atoms with van der Waals surface area (Å²) in [5.74, 6) is 2.27. The zero-order valence-corrected chi connectivity index (χ0v) is 16.7. The summed E-state index contributed by atoms with van der Waals surface area (Å²) in [6.07, 6.45) is 1.23. The minimum absolute atomic E-state index is 0.280. The first kappa shape index (κ1) is 21.9. The number of benzene rings is 1. The first-order chi connectivity index (χ1) is 12.1. The van der Waals surface area contributed by atoms with Crippen molar-refractivity contribution in [2.24, 2.45) is 0 Å². The second kappa shape index (κ2) is 12.3. The van der Waals surface area contributed by atoms with Crippen molar-refractivity contribution in [3.63, 3.8) is 0 Å². The Morgan fingerprint density at radius 3 is 2.20 bits per heavy atom. The quantitative estimate of drug-likeness (QED) is 0.181. The highest BCUT2D eigenvalue weighted by molar-refractivity contribution is 7.99. The van der Waals surface area contributed by atoms with Gasteiger partial charge in [0.1, 0.15) is 11.5 Å². The van der Waals surface area contributed by atoms with Crippen LogP contribution in [-0.2, 0) is 18.1 Å². The molecule has 1 aromatic rings. The van der Waals surface area contributed by atoms with Crippen LogP contribution in [0, 0.1) is 0 Å². The molecule has 9 heteroatoms. The topological polar surface area (TPSA) is 83.5 Å². The molecule has 0 fully saturated rings. The third kappa shape index (κ3) is 8.21. The van der Waals surface area contributed by atoms with Gasteiger partial charge in [0.05, 0.1) is 6.42 Å². The molecule has 0 radical (unpaired) electrons. The number of aliphatic hydroxyl groups excluding tert-OH is 1. The molecule has 0 spiro atoms. The lowest BCUT2D eigenvalue weighted by molar-refractivity contribution is -0.133. The Morgan fingerprint density at radius 1 is 1.04 bits per heavy atom. The lowest BCUT2D eigenvalue weighted by Crippen LogP contribution is -2.42. The number of carbonyl (C=O) groups is 1. The molecular formula is C16H26O7SSi. The van der Waals surface area contributed by atoms with Crippen LogP contribution in [-0.4, -0.2) is 59.5 Å². The summed E-state index contributed by atoms with van der Waals surface area (Å²) in [5, 5.41) is 8.65. The zero-order valence-electron chi connectivity index (χ0n) is 14.9. The molecule has 0 saturated carbocycles. The van der Waals surface area contributed by atoms with Crippen LogP contribution in [0.25, 0.3) is 0 Å². The minimum atomic E-state index is -2.49. The van der Waals surface area contributed by atoms with E-state index in [1.165, 1.54) is 0 Å². The molecule has 0 amide bonds. The molecule has 1 rings (SSSR count). The number of hydrogen-bond acceptors (Lipinski definition) is 8. The number of carbonyl (C=O) groups excluding carboxylic acids is 1. The van der Waals surface area contributed by atoms with Crippen LogP contribution < -0.4 is 9.47 Å². The van der Waals surface area contributed by atoms with Gasteiger partial charge in [0.25, 0.3) is 0 Å². The van der Waals surface area contributed by atoms with Crippen LogP contribution in [0.4, 0.5) is 0 Å². The predicted molar refractivity (Wildman–Crippen MR) is 97.9 cm³/mol. The second-order valence-corrected chi connectivity index (χ2v) is 9.30. The monoisotopic (exact) mass is 390 g/mol. The van der Waals surface area contributed by atoms with E-state index in [0.29, 0.717) is 23.7 Å². The van der Waals surface area contributed by atoms with Crippen molar-refractivity contribution in [3.8, 4) is 11.5 Å². The molecule has 0 saturated heterocycles. The first-order valence-electron chi connectivity index (χ1n) is 7.86. The molecule has 0 aliphatic rings. The van der Waals surface area contributed by atoms with Crippen molar-refractivity contribution < 1.29 is 32.7 Å². The van der Waals surface area contributed by atoms with E-state index >= 15 is 0 Å². The van der Waals surface area contributed by atoms with E-state index in [1.54, 1.807) is 57.4 Å². The van der Waals surface area contributed by atoms with Crippen LogP contribution in [0.2, 0.25) is 6.04 Å². The average Bonchev–Trinajstić information content (AvgIpc) is 2.64. The van der Waals surface area contributed by atoms with Gasteiger partial charge >= 0.3 is 14.8 Å². The van der Waals surface area contributed by atoms with Crippen molar-refractivity contribution in [3.05, 3.63) is 24.3 Å². The standard InChI is InChI=1S/C16H26O7SSi/c1-19-25(20-2,21-3)12-4-10-24-11-9-16(18)23-15-7-5-14(6-8-15)22-13-17/h5-8,17H,4,9-13H2,1-3H3. The van der Waals surface area contributed by atoms with Crippen molar-refractivity contribution in [2.45, 2.75) is 18.9 Å². The van der Waals surface area contributed by atoms with E-state index in [-0.39, 0.29) is 12.8 Å². The van der Waals surface area contributed by atoms with Gasteiger partial charge in [-0.25, -0.2) is 0 Å². The zero-order chi connectivity index (χ0) is 18.5. The molecule has 1 N–H and O–H groups in total. The number of aliphatic hydroxyl groups is 1.